The summed E-state index contributed by atoms with van der Waals surface area (Å²) < 4.78 is 40.1. The minimum atomic E-state index is -3.50. The molecule has 2 aromatic carbocycles. The Balaban J connectivity index is 1.30. The molecule has 0 aliphatic carbocycles. The van der Waals surface area contributed by atoms with Crippen LogP contribution >= 0.6 is 0 Å². The van der Waals surface area contributed by atoms with Crippen LogP contribution in [0.2, 0.25) is 0 Å². The van der Waals surface area contributed by atoms with E-state index < -0.39 is 10.0 Å². The monoisotopic (exact) mass is 431 g/mol. The van der Waals surface area contributed by atoms with Crippen LogP contribution in [-0.4, -0.2) is 62.8 Å². The molecule has 2 aliphatic rings. The average Bonchev–Trinajstić information content (AvgIpc) is 2.80. The number of hydrogen-bond acceptors (Lipinski definition) is 4. The highest BCUT2D eigenvalue weighted by Crippen LogP contribution is 2.26. The lowest BCUT2D eigenvalue weighted by atomic mass is 9.96. The molecule has 4 rings (SSSR count). The molecule has 6 nitrogen and oxygen atoms in total. The summed E-state index contributed by atoms with van der Waals surface area (Å²) in [5.74, 6) is -0.275. The number of anilines is 1. The summed E-state index contributed by atoms with van der Waals surface area (Å²) in [7, 11) is -3.50. The van der Waals surface area contributed by atoms with Crippen molar-refractivity contribution in [1.29, 1.82) is 0 Å². The Kier molecular flexibility index (Phi) is 6.06. The Morgan fingerprint density at radius 2 is 1.43 bits per heavy atom. The molecule has 0 aromatic heterocycles. The molecule has 2 aromatic rings. The van der Waals surface area contributed by atoms with Gasteiger partial charge in [-0.05, 0) is 49.2 Å². The number of carbonyl (C=O) groups excluding carboxylic acids is 1. The van der Waals surface area contributed by atoms with E-state index in [0.717, 1.165) is 5.69 Å². The summed E-state index contributed by atoms with van der Waals surface area (Å²) in [6, 6.07) is 14.9. The Labute approximate surface area is 176 Å². The van der Waals surface area contributed by atoms with Gasteiger partial charge in [-0.2, -0.15) is 4.31 Å². The summed E-state index contributed by atoms with van der Waals surface area (Å²) in [5.41, 5.74) is 0.961. The van der Waals surface area contributed by atoms with E-state index in [2.05, 4.69) is 4.90 Å². The van der Waals surface area contributed by atoms with Crippen molar-refractivity contribution in [3.63, 3.8) is 0 Å². The fourth-order valence-electron chi connectivity index (χ4n) is 4.18. The molecule has 0 unspecified atom stereocenters. The number of carbonyl (C=O) groups is 1. The van der Waals surface area contributed by atoms with Gasteiger partial charge < -0.3 is 9.80 Å². The summed E-state index contributed by atoms with van der Waals surface area (Å²) in [5, 5.41) is 0. The van der Waals surface area contributed by atoms with Crippen LogP contribution in [0.5, 0.6) is 0 Å². The normalized spacial score (nSPS) is 19.1. The molecule has 8 heteroatoms. The molecule has 0 radical (unpaired) electrons. The van der Waals surface area contributed by atoms with Crippen molar-refractivity contribution in [3.05, 3.63) is 60.4 Å². The second-order valence-electron chi connectivity index (χ2n) is 7.78. The van der Waals surface area contributed by atoms with Crippen molar-refractivity contribution in [2.75, 3.05) is 44.2 Å². The van der Waals surface area contributed by atoms with E-state index in [1.807, 2.05) is 4.90 Å². The van der Waals surface area contributed by atoms with Gasteiger partial charge in [0.1, 0.15) is 5.82 Å². The van der Waals surface area contributed by atoms with Gasteiger partial charge in [-0.15, -0.1) is 0 Å². The van der Waals surface area contributed by atoms with E-state index >= 15 is 0 Å². The molecule has 0 N–H and O–H groups in total. The number of hydrogen-bond donors (Lipinski definition) is 0. The van der Waals surface area contributed by atoms with Crippen molar-refractivity contribution in [1.82, 2.24) is 9.21 Å². The smallest absolute Gasteiger partial charge is 0.243 e. The molecule has 0 spiro atoms. The molecular weight excluding hydrogens is 405 g/mol. The summed E-state index contributed by atoms with van der Waals surface area (Å²) in [4.78, 5) is 17.3. The van der Waals surface area contributed by atoms with Crippen LogP contribution in [0.25, 0.3) is 0 Å². The fourth-order valence-corrected chi connectivity index (χ4v) is 5.67. The maximum Gasteiger partial charge on any atom is 0.243 e. The highest BCUT2D eigenvalue weighted by atomic mass is 32.2. The maximum absolute atomic E-state index is 13.1. The number of benzene rings is 2. The second-order valence-corrected chi connectivity index (χ2v) is 9.72. The minimum absolute atomic E-state index is 0.116. The number of sulfonamides is 1. The largest absolute Gasteiger partial charge is 0.368 e. The first-order valence-corrected chi connectivity index (χ1v) is 11.7. The van der Waals surface area contributed by atoms with Crippen molar-refractivity contribution in [2.45, 2.75) is 17.7 Å². The van der Waals surface area contributed by atoms with Gasteiger partial charge in [-0.3, -0.25) is 4.79 Å². The van der Waals surface area contributed by atoms with Gasteiger partial charge >= 0.3 is 0 Å². The lowest BCUT2D eigenvalue weighted by Crippen LogP contribution is -2.52. The van der Waals surface area contributed by atoms with E-state index in [0.29, 0.717) is 57.0 Å². The van der Waals surface area contributed by atoms with Gasteiger partial charge in [0.05, 0.1) is 4.90 Å². The Hall–Kier alpha value is -2.45. The Bertz CT molecular complexity index is 966. The van der Waals surface area contributed by atoms with Crippen molar-refractivity contribution >= 4 is 21.6 Å². The molecule has 0 atom stereocenters. The van der Waals surface area contributed by atoms with E-state index in [1.54, 1.807) is 42.5 Å². The molecular formula is C22H26FN3O3S. The molecule has 2 heterocycles. The lowest BCUT2D eigenvalue weighted by Gasteiger charge is -2.39. The van der Waals surface area contributed by atoms with Crippen LogP contribution in [0.1, 0.15) is 12.8 Å². The number of piperazine rings is 1. The highest BCUT2D eigenvalue weighted by molar-refractivity contribution is 7.89. The van der Waals surface area contributed by atoms with E-state index in [-0.39, 0.29) is 17.6 Å². The van der Waals surface area contributed by atoms with Gasteiger partial charge in [-0.25, -0.2) is 12.8 Å². The quantitative estimate of drug-likeness (QED) is 0.747. The van der Waals surface area contributed by atoms with Gasteiger partial charge in [-0.1, -0.05) is 18.2 Å². The van der Waals surface area contributed by atoms with Crippen molar-refractivity contribution in [3.8, 4) is 0 Å². The lowest BCUT2D eigenvalue weighted by molar-refractivity contribution is -0.137. The first-order chi connectivity index (χ1) is 14.4. The van der Waals surface area contributed by atoms with E-state index in [9.17, 15) is 17.6 Å². The van der Waals surface area contributed by atoms with Crippen LogP contribution in [-0.2, 0) is 14.8 Å². The zero-order valence-corrected chi connectivity index (χ0v) is 17.6. The van der Waals surface area contributed by atoms with E-state index in [1.165, 1.54) is 16.4 Å². The summed E-state index contributed by atoms with van der Waals surface area (Å²) in [6.45, 7) is 3.39. The third-order valence-electron chi connectivity index (χ3n) is 5.97. The van der Waals surface area contributed by atoms with Crippen molar-refractivity contribution in [2.24, 2.45) is 5.92 Å². The minimum Gasteiger partial charge on any atom is -0.368 e. The molecule has 160 valence electrons. The van der Waals surface area contributed by atoms with Crippen molar-refractivity contribution < 1.29 is 17.6 Å². The summed E-state index contributed by atoms with van der Waals surface area (Å²) >= 11 is 0. The average molecular weight is 432 g/mol. The zero-order valence-electron chi connectivity index (χ0n) is 16.8. The SMILES string of the molecule is O=C(C1CCN(S(=O)(=O)c2ccccc2)CC1)N1CCN(c2ccc(F)cc2)CC1. The number of amides is 1. The van der Waals surface area contributed by atoms with E-state index in [4.69, 9.17) is 0 Å². The number of nitrogens with zero attached hydrogens (tertiary/aromatic N) is 3. The molecule has 2 fully saturated rings. The summed E-state index contributed by atoms with van der Waals surface area (Å²) in [6.07, 6.45) is 1.09. The molecule has 0 bridgehead atoms. The fraction of sp³-hybridized carbons (Fsp3) is 0.409. The molecule has 2 aliphatic heterocycles. The molecule has 30 heavy (non-hydrogen) atoms. The third-order valence-corrected chi connectivity index (χ3v) is 7.88. The van der Waals surface area contributed by atoms with Gasteiger partial charge in [0.15, 0.2) is 0 Å². The second kappa shape index (κ2) is 8.73. The standard InChI is InChI=1S/C22H26FN3O3S/c23-19-6-8-20(9-7-19)24-14-16-25(17-15-24)22(27)18-10-12-26(13-11-18)30(28,29)21-4-2-1-3-5-21/h1-9,18H,10-17H2. The number of rotatable bonds is 4. The molecule has 1 amide bonds. The molecule has 2 saturated heterocycles. The Morgan fingerprint density at radius 3 is 2.03 bits per heavy atom. The maximum atomic E-state index is 13.1. The van der Waals surface area contributed by atoms with Gasteiger partial charge in [0, 0.05) is 50.9 Å². The van der Waals surface area contributed by atoms with Gasteiger partial charge in [0.2, 0.25) is 15.9 Å². The Morgan fingerprint density at radius 1 is 0.833 bits per heavy atom. The molecule has 0 saturated carbocycles. The van der Waals surface area contributed by atoms with Gasteiger partial charge in [0.25, 0.3) is 0 Å². The first-order valence-electron chi connectivity index (χ1n) is 10.3. The topological polar surface area (TPSA) is 60.9 Å². The number of piperidine rings is 1. The van der Waals surface area contributed by atoms with Crippen LogP contribution in [0.15, 0.2) is 59.5 Å². The highest BCUT2D eigenvalue weighted by Gasteiger charge is 2.34. The van der Waals surface area contributed by atoms with Crippen LogP contribution in [0.3, 0.4) is 0 Å². The first kappa shape index (κ1) is 20.8. The predicted octanol–water partition coefficient (Wildman–Crippen LogP) is 2.58. The third kappa shape index (κ3) is 4.34. The van der Waals surface area contributed by atoms with Crippen LogP contribution in [0, 0.1) is 11.7 Å². The zero-order chi connectivity index (χ0) is 21.1. The number of halogens is 1. The predicted molar refractivity (Wildman–Crippen MR) is 113 cm³/mol. The van der Waals surface area contributed by atoms with Crippen LogP contribution in [0.4, 0.5) is 10.1 Å². The van der Waals surface area contributed by atoms with Crippen LogP contribution < -0.4 is 4.90 Å².